The van der Waals surface area contributed by atoms with Gasteiger partial charge >= 0.3 is 0 Å². The minimum atomic E-state index is -3.42. The molecule has 19 heavy (non-hydrogen) atoms. The van der Waals surface area contributed by atoms with Crippen LogP contribution in [0.4, 0.5) is 0 Å². The van der Waals surface area contributed by atoms with Gasteiger partial charge in [-0.3, -0.25) is 0 Å². The molecule has 1 aliphatic rings. The Morgan fingerprint density at radius 2 is 2.42 bits per heavy atom. The Balaban J connectivity index is 1.94. The summed E-state index contributed by atoms with van der Waals surface area (Å²) in [5, 5.41) is 2.81. The molecule has 0 radical (unpaired) electrons. The van der Waals surface area contributed by atoms with Crippen LogP contribution in [0.15, 0.2) is 5.38 Å². The van der Waals surface area contributed by atoms with Crippen molar-refractivity contribution in [2.75, 3.05) is 19.6 Å². The maximum absolute atomic E-state index is 12.2. The predicted molar refractivity (Wildman–Crippen MR) is 76.0 cm³/mol. The van der Waals surface area contributed by atoms with Gasteiger partial charge in [-0.1, -0.05) is 0 Å². The Bertz CT molecular complexity index is 515. The van der Waals surface area contributed by atoms with Crippen molar-refractivity contribution in [3.05, 3.63) is 16.1 Å². The van der Waals surface area contributed by atoms with Crippen molar-refractivity contribution in [1.29, 1.82) is 0 Å². The van der Waals surface area contributed by atoms with E-state index in [1.54, 1.807) is 0 Å². The van der Waals surface area contributed by atoms with Crippen LogP contribution in [0.1, 0.15) is 23.5 Å². The van der Waals surface area contributed by atoms with Crippen LogP contribution in [0.25, 0.3) is 0 Å². The molecule has 1 unspecified atom stereocenters. The van der Waals surface area contributed by atoms with Crippen molar-refractivity contribution < 1.29 is 8.42 Å². The lowest BCUT2D eigenvalue weighted by atomic mass is 10.0. The molecule has 8 heteroatoms. The highest BCUT2D eigenvalue weighted by Crippen LogP contribution is 2.17. The Kier molecular flexibility index (Phi) is 4.91. The van der Waals surface area contributed by atoms with Crippen molar-refractivity contribution >= 4 is 21.5 Å². The van der Waals surface area contributed by atoms with Crippen molar-refractivity contribution in [1.82, 2.24) is 14.0 Å². The molecule has 1 atom stereocenters. The highest BCUT2D eigenvalue weighted by Gasteiger charge is 2.27. The third-order valence-electron chi connectivity index (χ3n) is 3.26. The van der Waals surface area contributed by atoms with Crippen molar-refractivity contribution in [2.45, 2.75) is 26.3 Å². The number of aromatic nitrogens is 1. The monoisotopic (exact) mass is 304 g/mol. The zero-order valence-corrected chi connectivity index (χ0v) is 12.6. The topological polar surface area (TPSA) is 88.3 Å². The fraction of sp³-hybridized carbons (Fsp3) is 0.727. The molecule has 2 heterocycles. The van der Waals surface area contributed by atoms with Gasteiger partial charge in [-0.2, -0.15) is 17.4 Å². The number of nitrogens with one attached hydrogen (secondary N) is 1. The van der Waals surface area contributed by atoms with Crippen LogP contribution in [0, 0.1) is 12.8 Å². The molecule has 0 bridgehead atoms. The van der Waals surface area contributed by atoms with E-state index in [-0.39, 0.29) is 12.5 Å². The second-order valence-electron chi connectivity index (χ2n) is 4.79. The summed E-state index contributed by atoms with van der Waals surface area (Å²) in [6, 6.07) is 0. The highest BCUT2D eigenvalue weighted by molar-refractivity contribution is 7.87. The van der Waals surface area contributed by atoms with Gasteiger partial charge in [-0.05, 0) is 32.2 Å². The molecular weight excluding hydrogens is 284 g/mol. The van der Waals surface area contributed by atoms with Gasteiger partial charge in [0.05, 0.1) is 17.2 Å². The van der Waals surface area contributed by atoms with E-state index in [0.29, 0.717) is 19.6 Å². The minimum Gasteiger partial charge on any atom is -0.330 e. The number of hydrogen-bond donors (Lipinski definition) is 2. The van der Waals surface area contributed by atoms with Crippen molar-refractivity contribution in [2.24, 2.45) is 11.7 Å². The lowest BCUT2D eigenvalue weighted by Gasteiger charge is -2.31. The van der Waals surface area contributed by atoms with Crippen LogP contribution in [0.5, 0.6) is 0 Å². The molecule has 0 spiro atoms. The molecule has 108 valence electrons. The van der Waals surface area contributed by atoms with Gasteiger partial charge in [0.15, 0.2) is 0 Å². The van der Waals surface area contributed by atoms with Gasteiger partial charge in [-0.15, -0.1) is 11.3 Å². The van der Waals surface area contributed by atoms with E-state index >= 15 is 0 Å². The third-order valence-corrected chi connectivity index (χ3v) is 5.60. The first-order valence-electron chi connectivity index (χ1n) is 6.37. The lowest BCUT2D eigenvalue weighted by Crippen LogP contribution is -2.47. The second kappa shape index (κ2) is 6.27. The average molecular weight is 304 g/mol. The SMILES string of the molecule is Cc1nc(CNS(=O)(=O)N2CCCC(CN)C2)cs1. The zero-order valence-electron chi connectivity index (χ0n) is 11.0. The van der Waals surface area contributed by atoms with Gasteiger partial charge in [0.1, 0.15) is 0 Å². The van der Waals surface area contributed by atoms with Crippen LogP contribution in [0.2, 0.25) is 0 Å². The van der Waals surface area contributed by atoms with Crippen LogP contribution >= 0.6 is 11.3 Å². The summed E-state index contributed by atoms with van der Waals surface area (Å²) in [5.74, 6) is 0.270. The Morgan fingerprint density at radius 1 is 1.63 bits per heavy atom. The molecule has 0 aromatic carbocycles. The molecule has 0 amide bonds. The number of nitrogens with two attached hydrogens (primary N) is 1. The summed E-state index contributed by atoms with van der Waals surface area (Å²) < 4.78 is 28.5. The molecule has 1 fully saturated rings. The molecule has 3 N–H and O–H groups in total. The number of piperidine rings is 1. The molecular formula is C11H20N4O2S2. The quantitative estimate of drug-likeness (QED) is 0.827. The Labute approximate surface area is 118 Å². The molecule has 1 aromatic rings. The van der Waals surface area contributed by atoms with Crippen LogP contribution in [0.3, 0.4) is 0 Å². The lowest BCUT2D eigenvalue weighted by molar-refractivity contribution is 0.268. The van der Waals surface area contributed by atoms with E-state index in [0.717, 1.165) is 23.5 Å². The Morgan fingerprint density at radius 3 is 3.05 bits per heavy atom. The van der Waals surface area contributed by atoms with Gasteiger partial charge in [0, 0.05) is 18.5 Å². The average Bonchev–Trinajstić information content (AvgIpc) is 2.82. The Hall–Kier alpha value is -0.540. The molecule has 0 saturated carbocycles. The summed E-state index contributed by atoms with van der Waals surface area (Å²) in [7, 11) is -3.42. The van der Waals surface area contributed by atoms with E-state index in [9.17, 15) is 8.42 Å². The molecule has 1 aliphatic heterocycles. The predicted octanol–water partition coefficient (Wildman–Crippen LogP) is 0.457. The first-order chi connectivity index (χ1) is 9.01. The highest BCUT2D eigenvalue weighted by atomic mass is 32.2. The fourth-order valence-corrected chi connectivity index (χ4v) is 4.09. The largest absolute Gasteiger partial charge is 0.330 e. The minimum absolute atomic E-state index is 0.246. The van der Waals surface area contributed by atoms with Crippen LogP contribution in [-0.2, 0) is 16.8 Å². The fourth-order valence-electron chi connectivity index (χ4n) is 2.18. The van der Waals surface area contributed by atoms with E-state index in [2.05, 4.69) is 9.71 Å². The standard InChI is InChI=1S/C11H20N4O2S2/c1-9-14-11(8-18-9)6-13-19(16,17)15-4-2-3-10(5-12)7-15/h8,10,13H,2-7,12H2,1H3. The second-order valence-corrected chi connectivity index (χ2v) is 7.60. The maximum Gasteiger partial charge on any atom is 0.279 e. The van der Waals surface area contributed by atoms with Gasteiger partial charge in [0.25, 0.3) is 10.2 Å². The number of aryl methyl sites for hydroxylation is 1. The smallest absolute Gasteiger partial charge is 0.279 e. The zero-order chi connectivity index (χ0) is 13.9. The van der Waals surface area contributed by atoms with E-state index in [1.807, 2.05) is 12.3 Å². The third kappa shape index (κ3) is 3.96. The summed E-state index contributed by atoms with van der Waals surface area (Å²) >= 11 is 1.52. The molecule has 1 saturated heterocycles. The number of thiazole rings is 1. The summed E-state index contributed by atoms with van der Waals surface area (Å²) in [6.45, 7) is 3.77. The molecule has 1 aromatic heterocycles. The van der Waals surface area contributed by atoms with Gasteiger partial charge in [0.2, 0.25) is 0 Å². The normalized spacial score (nSPS) is 21.7. The summed E-state index contributed by atoms with van der Waals surface area (Å²) in [5.41, 5.74) is 6.39. The number of rotatable bonds is 5. The van der Waals surface area contributed by atoms with E-state index in [1.165, 1.54) is 15.6 Å². The van der Waals surface area contributed by atoms with E-state index in [4.69, 9.17) is 5.73 Å². The molecule has 6 nitrogen and oxygen atoms in total. The van der Waals surface area contributed by atoms with Crippen LogP contribution < -0.4 is 10.5 Å². The number of hydrogen-bond acceptors (Lipinski definition) is 5. The summed E-state index contributed by atoms with van der Waals surface area (Å²) in [6.07, 6.45) is 1.88. The van der Waals surface area contributed by atoms with Crippen molar-refractivity contribution in [3.8, 4) is 0 Å². The number of nitrogens with zero attached hydrogens (tertiary/aromatic N) is 2. The van der Waals surface area contributed by atoms with Gasteiger partial charge < -0.3 is 5.73 Å². The molecule has 2 rings (SSSR count). The van der Waals surface area contributed by atoms with Crippen molar-refractivity contribution in [3.63, 3.8) is 0 Å². The van der Waals surface area contributed by atoms with E-state index < -0.39 is 10.2 Å². The molecule has 0 aliphatic carbocycles. The first kappa shape index (κ1) is 14.9. The van der Waals surface area contributed by atoms with Gasteiger partial charge in [-0.25, -0.2) is 4.98 Å². The summed E-state index contributed by atoms with van der Waals surface area (Å²) in [4.78, 5) is 4.24. The van der Waals surface area contributed by atoms with Crippen LogP contribution in [-0.4, -0.2) is 37.3 Å². The first-order valence-corrected chi connectivity index (χ1v) is 8.69. The maximum atomic E-state index is 12.2.